The van der Waals surface area contributed by atoms with Crippen LogP contribution < -0.4 is 5.32 Å². The molecule has 2 atom stereocenters. The molecule has 9 nitrogen and oxygen atoms in total. The number of aliphatic hydroxyl groups is 1. The van der Waals surface area contributed by atoms with Crippen LogP contribution in [0.3, 0.4) is 0 Å². The summed E-state index contributed by atoms with van der Waals surface area (Å²) in [6.45, 7) is 1.72. The molecule has 0 aliphatic carbocycles. The summed E-state index contributed by atoms with van der Waals surface area (Å²) in [5.41, 5.74) is 2.44. The van der Waals surface area contributed by atoms with E-state index in [9.17, 15) is 14.7 Å². The average Bonchev–Trinajstić information content (AvgIpc) is 3.23. The molecule has 1 aliphatic rings. The highest BCUT2D eigenvalue weighted by Crippen LogP contribution is 2.31. The maximum absolute atomic E-state index is 12.5. The minimum absolute atomic E-state index is 0.0780. The third kappa shape index (κ3) is 4.62. The van der Waals surface area contributed by atoms with Crippen molar-refractivity contribution in [1.29, 1.82) is 0 Å². The van der Waals surface area contributed by atoms with Gasteiger partial charge in [0.25, 0.3) is 5.91 Å². The van der Waals surface area contributed by atoms with Crippen molar-refractivity contribution in [1.82, 2.24) is 15.0 Å². The molecule has 31 heavy (non-hydrogen) atoms. The van der Waals surface area contributed by atoms with Crippen molar-refractivity contribution in [2.45, 2.75) is 25.6 Å². The number of nitrogens with one attached hydrogen (secondary N) is 1. The summed E-state index contributed by atoms with van der Waals surface area (Å²) >= 11 is 0. The van der Waals surface area contributed by atoms with Gasteiger partial charge in [-0.15, -0.1) is 0 Å². The second kappa shape index (κ2) is 9.07. The van der Waals surface area contributed by atoms with Crippen molar-refractivity contribution in [3.63, 3.8) is 0 Å². The second-order valence-electron chi connectivity index (χ2n) is 7.26. The molecule has 3 aromatic rings. The van der Waals surface area contributed by atoms with Crippen LogP contribution in [0.1, 0.15) is 33.5 Å². The van der Waals surface area contributed by atoms with Crippen LogP contribution in [-0.2, 0) is 16.1 Å². The second-order valence-corrected chi connectivity index (χ2v) is 7.26. The Morgan fingerprint density at radius 3 is 2.74 bits per heavy atom. The molecule has 1 saturated heterocycles. The topological polar surface area (TPSA) is 118 Å². The number of aryl methyl sites for hydroxylation is 1. The average molecular weight is 422 g/mol. The van der Waals surface area contributed by atoms with E-state index in [1.54, 1.807) is 60.6 Å². The first-order chi connectivity index (χ1) is 15.0. The summed E-state index contributed by atoms with van der Waals surface area (Å²) in [6.07, 6.45) is 2.86. The Kier molecular flexibility index (Phi) is 6.06. The molecule has 9 heteroatoms. The number of rotatable bonds is 6. The number of anilines is 1. The number of aliphatic hydroxyl groups excluding tert-OH is 1. The van der Waals surface area contributed by atoms with Gasteiger partial charge < -0.3 is 24.6 Å². The molecule has 0 spiro atoms. The number of morpholine rings is 1. The van der Waals surface area contributed by atoms with E-state index in [2.05, 4.69) is 15.5 Å². The van der Waals surface area contributed by atoms with Crippen molar-refractivity contribution in [3.8, 4) is 0 Å². The molecule has 1 aliphatic heterocycles. The fourth-order valence-corrected chi connectivity index (χ4v) is 3.53. The lowest BCUT2D eigenvalue weighted by atomic mass is 9.98. The van der Waals surface area contributed by atoms with E-state index in [1.807, 2.05) is 6.07 Å². The number of ether oxygens (including phenoxy) is 1. The van der Waals surface area contributed by atoms with Gasteiger partial charge in [0.1, 0.15) is 18.5 Å². The number of amides is 2. The molecular weight excluding hydrogens is 400 g/mol. The number of hydrogen-bond donors (Lipinski definition) is 2. The maximum atomic E-state index is 12.5. The van der Waals surface area contributed by atoms with Crippen molar-refractivity contribution in [2.24, 2.45) is 0 Å². The summed E-state index contributed by atoms with van der Waals surface area (Å²) < 4.78 is 10.7. The Bertz CT molecular complexity index is 1050. The van der Waals surface area contributed by atoms with Crippen molar-refractivity contribution in [2.75, 3.05) is 18.5 Å². The number of nitrogens with zero attached hydrogens (tertiary/aromatic N) is 3. The molecule has 160 valence electrons. The summed E-state index contributed by atoms with van der Waals surface area (Å²) in [6, 6.07) is 11.8. The van der Waals surface area contributed by atoms with E-state index >= 15 is 0 Å². The van der Waals surface area contributed by atoms with Crippen LogP contribution in [0.4, 0.5) is 5.69 Å². The quantitative estimate of drug-likeness (QED) is 0.624. The number of pyridine rings is 1. The molecule has 0 unspecified atom stereocenters. The van der Waals surface area contributed by atoms with Crippen molar-refractivity contribution < 1.29 is 24.0 Å². The van der Waals surface area contributed by atoms with Crippen LogP contribution in [0.25, 0.3) is 0 Å². The highest BCUT2D eigenvalue weighted by molar-refractivity contribution is 6.02. The van der Waals surface area contributed by atoms with Gasteiger partial charge in [0.2, 0.25) is 5.91 Å². The molecule has 2 amide bonds. The van der Waals surface area contributed by atoms with Crippen LogP contribution in [-0.4, -0.2) is 51.2 Å². The van der Waals surface area contributed by atoms with Crippen LogP contribution in [0.15, 0.2) is 59.4 Å². The Morgan fingerprint density at radius 2 is 2.10 bits per heavy atom. The number of carbonyl (C=O) groups excluding carboxylic acids is 2. The lowest BCUT2D eigenvalue weighted by Gasteiger charge is -2.40. The number of carbonyl (C=O) groups is 2. The van der Waals surface area contributed by atoms with Crippen molar-refractivity contribution in [3.05, 3.63) is 77.4 Å². The minimum Gasteiger partial charge on any atom is -0.394 e. The van der Waals surface area contributed by atoms with Crippen LogP contribution in [0.5, 0.6) is 0 Å². The number of benzene rings is 1. The molecule has 0 radical (unpaired) electrons. The molecule has 4 rings (SSSR count). The van der Waals surface area contributed by atoms with Crippen LogP contribution in [0.2, 0.25) is 0 Å². The highest BCUT2D eigenvalue weighted by Gasteiger charge is 2.37. The fraction of sp³-hybridized carbons (Fsp3) is 0.273. The zero-order valence-electron chi connectivity index (χ0n) is 16.9. The first-order valence-electron chi connectivity index (χ1n) is 9.80. The van der Waals surface area contributed by atoms with Gasteiger partial charge in [-0.3, -0.25) is 14.6 Å². The molecule has 0 saturated carbocycles. The van der Waals surface area contributed by atoms with Crippen LogP contribution in [0, 0.1) is 6.92 Å². The lowest BCUT2D eigenvalue weighted by Crippen LogP contribution is -2.52. The summed E-state index contributed by atoms with van der Waals surface area (Å²) in [5, 5.41) is 16.5. The van der Waals surface area contributed by atoms with E-state index < -0.39 is 12.1 Å². The van der Waals surface area contributed by atoms with Gasteiger partial charge >= 0.3 is 0 Å². The SMILES string of the molecule is Cc1cc(C(=O)Nc2ccc([C@H]3OCC(=O)N(Cc4cccnc4)[C@@H]3CO)cc2)no1. The third-order valence-electron chi connectivity index (χ3n) is 5.08. The predicted molar refractivity (Wildman–Crippen MR) is 110 cm³/mol. The first-order valence-corrected chi connectivity index (χ1v) is 9.80. The predicted octanol–water partition coefficient (Wildman–Crippen LogP) is 2.09. The minimum atomic E-state index is -0.542. The highest BCUT2D eigenvalue weighted by atomic mass is 16.5. The Balaban J connectivity index is 1.48. The van der Waals surface area contributed by atoms with E-state index in [0.717, 1.165) is 11.1 Å². The van der Waals surface area contributed by atoms with Gasteiger partial charge in [-0.2, -0.15) is 0 Å². The Hall–Kier alpha value is -3.56. The van der Waals surface area contributed by atoms with Gasteiger partial charge in [0.15, 0.2) is 5.69 Å². The third-order valence-corrected chi connectivity index (χ3v) is 5.08. The molecule has 1 fully saturated rings. The standard InChI is InChI=1S/C22H22N4O5/c1-14-9-18(25-31-14)22(29)24-17-6-4-16(5-7-17)21-19(12-27)26(20(28)13-30-21)11-15-3-2-8-23-10-15/h2-10,19,21,27H,11-13H2,1H3,(H,24,29)/t19-,21-/m1/s1. The molecule has 1 aromatic carbocycles. The van der Waals surface area contributed by atoms with Crippen molar-refractivity contribution >= 4 is 17.5 Å². The largest absolute Gasteiger partial charge is 0.394 e. The van der Waals surface area contributed by atoms with Gasteiger partial charge in [-0.25, -0.2) is 0 Å². The Morgan fingerprint density at radius 1 is 1.29 bits per heavy atom. The smallest absolute Gasteiger partial charge is 0.277 e. The zero-order chi connectivity index (χ0) is 21.8. The molecular formula is C22H22N4O5. The first kappa shape index (κ1) is 20.7. The molecule has 0 bridgehead atoms. The zero-order valence-corrected chi connectivity index (χ0v) is 16.9. The molecule has 2 N–H and O–H groups in total. The number of aromatic nitrogens is 2. The van der Waals surface area contributed by atoms with Gasteiger partial charge in [0.05, 0.1) is 12.6 Å². The van der Waals surface area contributed by atoms with Gasteiger partial charge in [-0.1, -0.05) is 23.4 Å². The summed E-state index contributed by atoms with van der Waals surface area (Å²) in [5.74, 6) is -0.0127. The van der Waals surface area contributed by atoms with Gasteiger partial charge in [-0.05, 0) is 36.2 Å². The fourth-order valence-electron chi connectivity index (χ4n) is 3.53. The monoisotopic (exact) mass is 422 g/mol. The molecule has 3 heterocycles. The molecule has 2 aromatic heterocycles. The summed E-state index contributed by atoms with van der Waals surface area (Å²) in [4.78, 5) is 30.4. The van der Waals surface area contributed by atoms with Crippen LogP contribution >= 0.6 is 0 Å². The summed E-state index contributed by atoms with van der Waals surface area (Å²) in [7, 11) is 0. The van der Waals surface area contributed by atoms with Gasteiger partial charge in [0, 0.05) is 30.7 Å². The van der Waals surface area contributed by atoms with E-state index in [-0.39, 0.29) is 30.7 Å². The Labute approximate surface area is 178 Å². The lowest BCUT2D eigenvalue weighted by molar-refractivity contribution is -0.162. The van der Waals surface area contributed by atoms with E-state index in [4.69, 9.17) is 9.26 Å². The van der Waals surface area contributed by atoms with E-state index in [1.165, 1.54) is 0 Å². The van der Waals surface area contributed by atoms with E-state index in [0.29, 0.717) is 18.0 Å². The normalized spacial score (nSPS) is 18.8. The number of hydrogen-bond acceptors (Lipinski definition) is 7. The maximum Gasteiger partial charge on any atom is 0.277 e.